The van der Waals surface area contributed by atoms with E-state index in [1.54, 1.807) is 63.3 Å². The van der Waals surface area contributed by atoms with Crippen molar-refractivity contribution in [3.8, 4) is 0 Å². The molecular formula is C37H46O12. The Morgan fingerprint density at radius 1 is 0.612 bits per heavy atom. The van der Waals surface area contributed by atoms with Gasteiger partial charge in [-0.3, -0.25) is 24.0 Å². The van der Waals surface area contributed by atoms with Gasteiger partial charge < -0.3 is 28.4 Å². The van der Waals surface area contributed by atoms with E-state index in [1.165, 1.54) is 26.8 Å². The van der Waals surface area contributed by atoms with Crippen molar-refractivity contribution in [1.29, 1.82) is 0 Å². The Morgan fingerprint density at radius 2 is 1.14 bits per heavy atom. The fraction of sp³-hybridized carbons (Fsp3) is 0.514. The number of fused-ring (bicyclic) bond motifs is 1. The van der Waals surface area contributed by atoms with Gasteiger partial charge in [0.15, 0.2) is 23.9 Å². The number of carbonyl (C=O) groups excluding carboxylic acids is 6. The summed E-state index contributed by atoms with van der Waals surface area (Å²) < 4.78 is 35.4. The molecule has 0 saturated carbocycles. The van der Waals surface area contributed by atoms with Crippen LogP contribution in [0.3, 0.4) is 0 Å². The molecule has 12 heteroatoms. The zero-order chi connectivity index (χ0) is 36.8. The van der Waals surface area contributed by atoms with Crippen molar-refractivity contribution in [2.75, 3.05) is 0 Å². The Morgan fingerprint density at radius 3 is 1.67 bits per heavy atom. The molecule has 0 N–H and O–H groups in total. The molecule has 0 fully saturated rings. The molecule has 266 valence electrons. The second kappa shape index (κ2) is 15.7. The average molecular weight is 683 g/mol. The third kappa shape index (κ3) is 9.67. The summed E-state index contributed by atoms with van der Waals surface area (Å²) in [5.41, 5.74) is -2.03. The highest BCUT2D eigenvalue weighted by Gasteiger charge is 2.54. The third-order valence-corrected chi connectivity index (χ3v) is 8.30. The molecule has 0 aromatic heterocycles. The van der Waals surface area contributed by atoms with Gasteiger partial charge >= 0.3 is 35.8 Å². The van der Waals surface area contributed by atoms with Gasteiger partial charge in [0.25, 0.3) is 0 Å². The van der Waals surface area contributed by atoms with E-state index in [-0.39, 0.29) is 5.56 Å². The molecule has 49 heavy (non-hydrogen) atoms. The lowest BCUT2D eigenvalue weighted by atomic mass is 9.76. The Balaban J connectivity index is 2.46. The van der Waals surface area contributed by atoms with Crippen LogP contribution in [0.1, 0.15) is 79.6 Å². The largest absolute Gasteiger partial charge is 0.458 e. The van der Waals surface area contributed by atoms with Crippen LogP contribution < -0.4 is 0 Å². The van der Waals surface area contributed by atoms with Gasteiger partial charge in [-0.05, 0) is 36.3 Å². The van der Waals surface area contributed by atoms with Crippen LogP contribution in [0.15, 0.2) is 65.8 Å². The molecule has 12 nitrogen and oxygen atoms in total. The van der Waals surface area contributed by atoms with Gasteiger partial charge in [-0.2, -0.15) is 0 Å². The van der Waals surface area contributed by atoms with Crippen LogP contribution in [0.4, 0.5) is 0 Å². The Hall–Kier alpha value is -4.74. The van der Waals surface area contributed by atoms with Gasteiger partial charge in [0.05, 0.1) is 5.56 Å². The minimum atomic E-state index is -1.96. The molecule has 0 heterocycles. The number of ether oxygens (including phenoxy) is 6. The molecule has 0 amide bonds. The summed E-state index contributed by atoms with van der Waals surface area (Å²) in [6.45, 7) is 14.4. The molecule has 8 unspecified atom stereocenters. The van der Waals surface area contributed by atoms with Crippen molar-refractivity contribution in [1.82, 2.24) is 0 Å². The predicted molar refractivity (Wildman–Crippen MR) is 175 cm³/mol. The van der Waals surface area contributed by atoms with Gasteiger partial charge in [-0.1, -0.05) is 64.1 Å². The van der Waals surface area contributed by atoms with Gasteiger partial charge in [0, 0.05) is 51.9 Å². The quantitative estimate of drug-likeness (QED) is 0.216. The molecule has 3 rings (SSSR count). The van der Waals surface area contributed by atoms with Gasteiger partial charge in [-0.15, -0.1) is 0 Å². The van der Waals surface area contributed by atoms with E-state index in [0.717, 1.165) is 20.8 Å². The molecule has 2 aliphatic rings. The van der Waals surface area contributed by atoms with Crippen molar-refractivity contribution in [3.05, 3.63) is 71.3 Å². The Kier molecular flexibility index (Phi) is 12.4. The van der Waals surface area contributed by atoms with Crippen LogP contribution in [-0.4, -0.2) is 71.9 Å². The molecule has 0 saturated heterocycles. The maximum atomic E-state index is 13.4. The van der Waals surface area contributed by atoms with Crippen molar-refractivity contribution in [3.63, 3.8) is 0 Å². The molecule has 1 aromatic carbocycles. The highest BCUT2D eigenvalue weighted by molar-refractivity contribution is 5.89. The lowest BCUT2D eigenvalue weighted by molar-refractivity contribution is -0.213. The van der Waals surface area contributed by atoms with E-state index in [0.29, 0.717) is 11.1 Å². The minimum absolute atomic E-state index is 0.284. The highest BCUT2D eigenvalue weighted by atomic mass is 16.6. The lowest BCUT2D eigenvalue weighted by Gasteiger charge is -2.44. The van der Waals surface area contributed by atoms with E-state index in [1.807, 2.05) is 13.0 Å². The predicted octanol–water partition coefficient (Wildman–Crippen LogP) is 5.00. The monoisotopic (exact) mass is 682 g/mol. The van der Waals surface area contributed by atoms with Crippen LogP contribution >= 0.6 is 0 Å². The zero-order valence-electron chi connectivity index (χ0n) is 29.6. The fourth-order valence-electron chi connectivity index (χ4n) is 6.27. The topological polar surface area (TPSA) is 158 Å². The normalized spacial score (nSPS) is 29.3. The standard InChI is InChI=1S/C37H46O12/c1-20-16-17-36(8,9)33(46-24(5)40)32(45-23(4)39)34(47-25(6)41)37(10,49-26(7)42)19-29-28(30(20)44-22(3)38)18-21(2)31(29)48-35(43)27-14-12-11-13-15-27/h11-21,30-34H,1-10H3. The summed E-state index contributed by atoms with van der Waals surface area (Å²) in [5, 5.41) is 0. The van der Waals surface area contributed by atoms with Crippen LogP contribution in [-0.2, 0) is 52.4 Å². The van der Waals surface area contributed by atoms with Crippen LogP contribution in [0.2, 0.25) is 0 Å². The minimum Gasteiger partial charge on any atom is -0.458 e. The van der Waals surface area contributed by atoms with Gasteiger partial charge in [0.2, 0.25) is 0 Å². The summed E-state index contributed by atoms with van der Waals surface area (Å²) in [6.07, 6.45) is 0.399. The summed E-state index contributed by atoms with van der Waals surface area (Å²) in [7, 11) is 0. The Bertz CT molecular complexity index is 1540. The Labute approximate surface area is 286 Å². The number of rotatable bonds is 7. The van der Waals surface area contributed by atoms with Gasteiger partial charge in [-0.25, -0.2) is 4.79 Å². The summed E-state index contributed by atoms with van der Waals surface area (Å²) in [6, 6.07) is 8.33. The molecule has 0 radical (unpaired) electrons. The van der Waals surface area contributed by atoms with Crippen molar-refractivity contribution in [2.45, 2.75) is 105 Å². The van der Waals surface area contributed by atoms with Crippen LogP contribution in [0, 0.1) is 17.3 Å². The molecule has 2 aliphatic carbocycles. The lowest BCUT2D eigenvalue weighted by Crippen LogP contribution is -2.59. The zero-order valence-corrected chi connectivity index (χ0v) is 29.6. The van der Waals surface area contributed by atoms with Crippen LogP contribution in [0.25, 0.3) is 0 Å². The average Bonchev–Trinajstić information content (AvgIpc) is 3.27. The SMILES string of the molecule is CC(=O)OC1C2=CC(C)C(OC(=O)c3ccccc3)C2=CC(C)(OC(C)=O)C(OC(C)=O)C(OC(C)=O)C(OC(C)=O)C(C)(C)C=CC1C. The van der Waals surface area contributed by atoms with E-state index in [2.05, 4.69) is 0 Å². The fourth-order valence-corrected chi connectivity index (χ4v) is 6.27. The second-order valence-electron chi connectivity index (χ2n) is 13.3. The number of hydrogen-bond acceptors (Lipinski definition) is 12. The number of carbonyl (C=O) groups is 6. The van der Waals surface area contributed by atoms with Gasteiger partial charge in [0.1, 0.15) is 12.2 Å². The van der Waals surface area contributed by atoms with E-state index in [4.69, 9.17) is 28.4 Å². The van der Waals surface area contributed by atoms with E-state index >= 15 is 0 Å². The molecule has 0 aliphatic heterocycles. The highest BCUT2D eigenvalue weighted by Crippen LogP contribution is 2.44. The molecule has 0 spiro atoms. The molecule has 1 aromatic rings. The number of esters is 6. The van der Waals surface area contributed by atoms with Crippen molar-refractivity contribution in [2.24, 2.45) is 17.3 Å². The summed E-state index contributed by atoms with van der Waals surface area (Å²) in [4.78, 5) is 76.8. The number of hydrogen-bond donors (Lipinski definition) is 0. The molecule has 0 bridgehead atoms. The first-order valence-corrected chi connectivity index (χ1v) is 16.0. The molecular weight excluding hydrogens is 636 g/mol. The van der Waals surface area contributed by atoms with Crippen molar-refractivity contribution >= 4 is 35.8 Å². The van der Waals surface area contributed by atoms with E-state index < -0.39 is 89.2 Å². The summed E-state index contributed by atoms with van der Waals surface area (Å²) in [5.74, 6) is -5.35. The first-order valence-electron chi connectivity index (χ1n) is 16.0. The van der Waals surface area contributed by atoms with Crippen LogP contribution in [0.5, 0.6) is 0 Å². The van der Waals surface area contributed by atoms with Crippen molar-refractivity contribution < 1.29 is 57.2 Å². The second-order valence-corrected chi connectivity index (χ2v) is 13.3. The smallest absolute Gasteiger partial charge is 0.338 e. The maximum Gasteiger partial charge on any atom is 0.338 e. The first kappa shape index (κ1) is 38.7. The molecule has 8 atom stereocenters. The first-order chi connectivity index (χ1) is 22.8. The maximum absolute atomic E-state index is 13.4. The van der Waals surface area contributed by atoms with E-state index in [9.17, 15) is 28.8 Å². The summed E-state index contributed by atoms with van der Waals surface area (Å²) >= 11 is 0. The number of benzene rings is 1. The third-order valence-electron chi connectivity index (χ3n) is 8.30.